The number of ether oxygens (including phenoxy) is 1. The quantitative estimate of drug-likeness (QED) is 0.752. The van der Waals surface area contributed by atoms with Crippen molar-refractivity contribution in [3.8, 4) is 0 Å². The molecular weight excluding hydrogens is 292 g/mol. The second-order valence-corrected chi connectivity index (χ2v) is 7.50. The van der Waals surface area contributed by atoms with Crippen molar-refractivity contribution >= 4 is 15.7 Å². The second kappa shape index (κ2) is 7.22. The zero-order valence-corrected chi connectivity index (χ0v) is 13.8. The number of nitrogens with zero attached hydrogens (tertiary/aromatic N) is 1. The summed E-state index contributed by atoms with van der Waals surface area (Å²) in [6.45, 7) is 2.35. The fourth-order valence-corrected chi connectivity index (χ4v) is 2.79. The normalized spacial score (nSPS) is 15.0. The van der Waals surface area contributed by atoms with E-state index in [1.165, 1.54) is 14.1 Å². The van der Waals surface area contributed by atoms with Crippen molar-refractivity contribution in [1.29, 1.82) is 0 Å². The summed E-state index contributed by atoms with van der Waals surface area (Å²) in [6, 6.07) is 6.65. The first kappa shape index (κ1) is 17.9. The molecule has 7 heteroatoms. The van der Waals surface area contributed by atoms with E-state index in [4.69, 9.17) is 4.74 Å². The van der Waals surface area contributed by atoms with Gasteiger partial charge in [-0.15, -0.1) is 0 Å². The van der Waals surface area contributed by atoms with Crippen LogP contribution >= 0.6 is 0 Å². The Kier molecular flexibility index (Phi) is 6.15. The third-order valence-electron chi connectivity index (χ3n) is 3.15. The Labute approximate surface area is 126 Å². The molecular formula is C14H24N2O4S. The number of hydrogen-bond acceptors (Lipinski definition) is 5. The average Bonchev–Trinajstić information content (AvgIpc) is 2.43. The molecule has 0 fully saturated rings. The topological polar surface area (TPSA) is 78.9 Å². The molecule has 0 bridgehead atoms. The maximum absolute atomic E-state index is 12.3. The van der Waals surface area contributed by atoms with Crippen LogP contribution in [0.2, 0.25) is 0 Å². The van der Waals surface area contributed by atoms with Crippen LogP contribution in [0.15, 0.2) is 29.2 Å². The fraction of sp³-hybridized carbons (Fsp3) is 0.571. The lowest BCUT2D eigenvalue weighted by molar-refractivity contribution is 0.0357. The van der Waals surface area contributed by atoms with Crippen molar-refractivity contribution in [2.45, 2.75) is 23.8 Å². The van der Waals surface area contributed by atoms with E-state index in [9.17, 15) is 13.5 Å². The Morgan fingerprint density at radius 2 is 1.95 bits per heavy atom. The SMILES string of the molecule is COCCC(C)(O)CNc1ccccc1S(=O)(=O)N(C)C. The summed E-state index contributed by atoms with van der Waals surface area (Å²) in [7, 11) is 1.02. The van der Waals surface area contributed by atoms with E-state index in [2.05, 4.69) is 5.32 Å². The lowest BCUT2D eigenvalue weighted by atomic mass is 10.0. The predicted molar refractivity (Wildman–Crippen MR) is 82.9 cm³/mol. The summed E-state index contributed by atoms with van der Waals surface area (Å²) in [4.78, 5) is 0.192. The molecule has 2 N–H and O–H groups in total. The minimum absolute atomic E-state index is 0.192. The van der Waals surface area contributed by atoms with Crippen molar-refractivity contribution < 1.29 is 18.3 Å². The Hall–Kier alpha value is -1.15. The van der Waals surface area contributed by atoms with Gasteiger partial charge in [0.15, 0.2) is 0 Å². The molecule has 6 nitrogen and oxygen atoms in total. The molecule has 0 heterocycles. The molecule has 0 aromatic heterocycles. The molecule has 0 aliphatic rings. The van der Waals surface area contributed by atoms with Crippen LogP contribution in [0.3, 0.4) is 0 Å². The number of nitrogens with one attached hydrogen (secondary N) is 1. The molecule has 0 saturated carbocycles. The minimum atomic E-state index is -3.53. The van der Waals surface area contributed by atoms with Crippen molar-refractivity contribution in [1.82, 2.24) is 4.31 Å². The molecule has 0 saturated heterocycles. The van der Waals surface area contributed by atoms with Gasteiger partial charge in [-0.2, -0.15) is 0 Å². The van der Waals surface area contributed by atoms with Crippen LogP contribution < -0.4 is 5.32 Å². The van der Waals surface area contributed by atoms with E-state index >= 15 is 0 Å². The third kappa shape index (κ3) is 4.96. The van der Waals surface area contributed by atoms with Gasteiger partial charge < -0.3 is 15.2 Å². The molecule has 1 aromatic rings. The molecule has 0 amide bonds. The highest BCUT2D eigenvalue weighted by Crippen LogP contribution is 2.24. The maximum atomic E-state index is 12.3. The number of sulfonamides is 1. The van der Waals surface area contributed by atoms with Gasteiger partial charge in [-0.1, -0.05) is 12.1 Å². The second-order valence-electron chi connectivity index (χ2n) is 5.38. The lowest BCUT2D eigenvalue weighted by Gasteiger charge is -2.25. The van der Waals surface area contributed by atoms with Crippen LogP contribution in [-0.2, 0) is 14.8 Å². The summed E-state index contributed by atoms with van der Waals surface area (Å²) in [5, 5.41) is 13.2. The minimum Gasteiger partial charge on any atom is -0.388 e. The molecule has 0 radical (unpaired) electrons. The van der Waals surface area contributed by atoms with Crippen LogP contribution in [0.1, 0.15) is 13.3 Å². The summed E-state index contributed by atoms with van der Waals surface area (Å²) in [5.74, 6) is 0. The third-order valence-corrected chi connectivity index (χ3v) is 5.02. The van der Waals surface area contributed by atoms with Crippen LogP contribution in [0.5, 0.6) is 0 Å². The molecule has 21 heavy (non-hydrogen) atoms. The molecule has 0 aliphatic carbocycles. The number of benzene rings is 1. The van der Waals surface area contributed by atoms with Gasteiger partial charge in [-0.25, -0.2) is 12.7 Å². The zero-order chi connectivity index (χ0) is 16.1. The lowest BCUT2D eigenvalue weighted by Crippen LogP contribution is -2.35. The first-order chi connectivity index (χ1) is 9.70. The summed E-state index contributed by atoms with van der Waals surface area (Å²) in [6.07, 6.45) is 0.457. The van der Waals surface area contributed by atoms with E-state index in [0.29, 0.717) is 18.7 Å². The van der Waals surface area contributed by atoms with Crippen LogP contribution in [0, 0.1) is 0 Å². The van der Waals surface area contributed by atoms with Crippen LogP contribution in [0.25, 0.3) is 0 Å². The number of anilines is 1. The molecule has 1 atom stereocenters. The largest absolute Gasteiger partial charge is 0.388 e. The Balaban J connectivity index is 2.91. The fourth-order valence-electron chi connectivity index (χ4n) is 1.73. The average molecular weight is 316 g/mol. The summed E-state index contributed by atoms with van der Waals surface area (Å²) >= 11 is 0. The van der Waals surface area contributed by atoms with Gasteiger partial charge in [-0.05, 0) is 19.1 Å². The van der Waals surface area contributed by atoms with E-state index in [0.717, 1.165) is 4.31 Å². The van der Waals surface area contributed by atoms with Gasteiger partial charge in [0.25, 0.3) is 0 Å². The van der Waals surface area contributed by atoms with Crippen molar-refractivity contribution in [2.24, 2.45) is 0 Å². The van der Waals surface area contributed by atoms with Crippen molar-refractivity contribution in [3.05, 3.63) is 24.3 Å². The Morgan fingerprint density at radius 1 is 1.33 bits per heavy atom. The first-order valence-corrected chi connectivity index (χ1v) is 8.11. The summed E-state index contributed by atoms with van der Waals surface area (Å²) in [5.41, 5.74) is -0.505. The van der Waals surface area contributed by atoms with E-state index in [-0.39, 0.29) is 11.4 Å². The molecule has 120 valence electrons. The van der Waals surface area contributed by atoms with Crippen LogP contribution in [-0.4, -0.2) is 57.8 Å². The van der Waals surface area contributed by atoms with Crippen molar-refractivity contribution in [3.63, 3.8) is 0 Å². The smallest absolute Gasteiger partial charge is 0.244 e. The number of rotatable bonds is 8. The predicted octanol–water partition coefficient (Wildman–Crippen LogP) is 1.14. The number of para-hydroxylation sites is 1. The highest BCUT2D eigenvalue weighted by molar-refractivity contribution is 7.89. The van der Waals surface area contributed by atoms with Gasteiger partial charge >= 0.3 is 0 Å². The molecule has 1 rings (SSSR count). The summed E-state index contributed by atoms with van der Waals surface area (Å²) < 4.78 is 30.6. The van der Waals surface area contributed by atoms with Gasteiger partial charge in [0, 0.05) is 40.8 Å². The zero-order valence-electron chi connectivity index (χ0n) is 13.0. The number of hydrogen-bond donors (Lipinski definition) is 2. The van der Waals surface area contributed by atoms with Gasteiger partial charge in [-0.3, -0.25) is 0 Å². The van der Waals surface area contributed by atoms with Gasteiger partial charge in [0.2, 0.25) is 10.0 Å². The molecule has 1 unspecified atom stereocenters. The Bertz CT molecular complexity index is 556. The van der Waals surface area contributed by atoms with Gasteiger partial charge in [0.05, 0.1) is 11.3 Å². The molecule has 1 aromatic carbocycles. The van der Waals surface area contributed by atoms with Crippen molar-refractivity contribution in [2.75, 3.05) is 39.7 Å². The van der Waals surface area contributed by atoms with Gasteiger partial charge in [0.1, 0.15) is 4.90 Å². The van der Waals surface area contributed by atoms with E-state index < -0.39 is 15.6 Å². The van der Waals surface area contributed by atoms with E-state index in [1.54, 1.807) is 38.3 Å². The Morgan fingerprint density at radius 3 is 2.52 bits per heavy atom. The highest BCUT2D eigenvalue weighted by atomic mass is 32.2. The van der Waals surface area contributed by atoms with Crippen LogP contribution in [0.4, 0.5) is 5.69 Å². The highest BCUT2D eigenvalue weighted by Gasteiger charge is 2.24. The standard InChI is InChI=1S/C14H24N2O4S/c1-14(17,9-10-20-4)11-15-12-7-5-6-8-13(12)21(18,19)16(2)3/h5-8,15,17H,9-11H2,1-4H3. The monoisotopic (exact) mass is 316 g/mol. The number of aliphatic hydroxyl groups is 1. The molecule has 0 aliphatic heterocycles. The van der Waals surface area contributed by atoms with E-state index in [1.807, 2.05) is 0 Å². The maximum Gasteiger partial charge on any atom is 0.244 e. The first-order valence-electron chi connectivity index (χ1n) is 6.67. The number of methoxy groups -OCH3 is 1. The molecule has 0 spiro atoms.